The van der Waals surface area contributed by atoms with Crippen LogP contribution in [-0.4, -0.2) is 177 Å². The topological polar surface area (TPSA) is 286 Å². The monoisotopic (exact) mass is 874 g/mol. The number of nitrogens with two attached hydrogens (primary N) is 1. The maximum Gasteiger partial charge on any atom is 0.245 e. The molecule has 346 valence electrons. The Kier molecular flexibility index (Phi) is 18.1. The van der Waals surface area contributed by atoms with E-state index in [0.29, 0.717) is 58.0 Å². The number of primary amides is 1. The van der Waals surface area contributed by atoms with Gasteiger partial charge in [0.15, 0.2) is 17.3 Å². The molecule has 4 fully saturated rings. The Morgan fingerprint density at radius 1 is 0.645 bits per heavy atom. The predicted octanol–water partition coefficient (Wildman–Crippen LogP) is -2.07. The molecule has 7 amide bonds. The highest BCUT2D eigenvalue weighted by Crippen LogP contribution is 2.28. The Morgan fingerprint density at radius 2 is 1.16 bits per heavy atom. The van der Waals surface area contributed by atoms with E-state index in [1.165, 1.54) is 28.5 Å². The highest BCUT2D eigenvalue weighted by Gasteiger charge is 2.44. The van der Waals surface area contributed by atoms with Crippen LogP contribution in [0.1, 0.15) is 105 Å². The van der Waals surface area contributed by atoms with Crippen molar-refractivity contribution >= 4 is 58.7 Å². The van der Waals surface area contributed by atoms with Crippen molar-refractivity contribution in [2.24, 2.45) is 17.6 Å². The Morgan fingerprint density at radius 3 is 1.71 bits per heavy atom. The highest BCUT2D eigenvalue weighted by molar-refractivity contribution is 5.98. The van der Waals surface area contributed by atoms with E-state index in [0.717, 1.165) is 13.0 Å². The zero-order valence-corrected chi connectivity index (χ0v) is 36.6. The summed E-state index contributed by atoms with van der Waals surface area (Å²) in [5.74, 6) is -7.35. The molecule has 4 saturated heterocycles. The molecule has 4 heterocycles. The van der Waals surface area contributed by atoms with Crippen LogP contribution < -0.4 is 21.7 Å². The first-order chi connectivity index (χ1) is 29.3. The number of likely N-dealkylation sites (N-methyl/N-ethyl adjacent to an activating group) is 1. The molecule has 0 bridgehead atoms. The summed E-state index contributed by atoms with van der Waals surface area (Å²) in [6, 6.07) is -6.23. The smallest absolute Gasteiger partial charge is 0.245 e. The van der Waals surface area contributed by atoms with E-state index in [2.05, 4.69) is 16.0 Å². The fraction of sp³-hybridized carbons (Fsp3) is 0.762. The molecule has 4 aliphatic rings. The summed E-state index contributed by atoms with van der Waals surface area (Å²) in [5.41, 5.74) is 5.33. The summed E-state index contributed by atoms with van der Waals surface area (Å²) in [7, 11) is 1.85. The molecular weight excluding hydrogens is 809 g/mol. The van der Waals surface area contributed by atoms with Gasteiger partial charge < -0.3 is 46.6 Å². The Hall–Kier alpha value is -4.82. The van der Waals surface area contributed by atoms with Gasteiger partial charge in [0.05, 0.1) is 36.8 Å². The molecule has 0 aromatic carbocycles. The lowest BCUT2D eigenvalue weighted by Gasteiger charge is -2.32. The van der Waals surface area contributed by atoms with E-state index < -0.39 is 108 Å². The number of Topliss-reactive ketones (excluding diaryl/α,β-unsaturated/α-hetero) is 3. The quantitative estimate of drug-likeness (QED) is 0.0724. The summed E-state index contributed by atoms with van der Waals surface area (Å²) in [4.78, 5) is 137. The van der Waals surface area contributed by atoms with Crippen molar-refractivity contribution in [1.29, 1.82) is 0 Å². The van der Waals surface area contributed by atoms with Gasteiger partial charge in [0.25, 0.3) is 0 Å². The maximum atomic E-state index is 13.7. The molecule has 0 aromatic rings. The number of aliphatic hydroxyl groups is 2. The van der Waals surface area contributed by atoms with Crippen LogP contribution in [0, 0.1) is 11.8 Å². The number of nitrogens with one attached hydrogen (secondary N) is 3. The zero-order chi connectivity index (χ0) is 46.0. The van der Waals surface area contributed by atoms with Crippen LogP contribution in [0.25, 0.3) is 0 Å². The molecule has 62 heavy (non-hydrogen) atoms. The largest absolute Gasteiger partial charge is 0.394 e. The lowest BCUT2D eigenvalue weighted by molar-refractivity contribution is -0.148. The van der Waals surface area contributed by atoms with Gasteiger partial charge in [0, 0.05) is 51.2 Å². The number of rotatable bonds is 21. The van der Waals surface area contributed by atoms with Gasteiger partial charge in [0.2, 0.25) is 41.4 Å². The lowest BCUT2D eigenvalue weighted by atomic mass is 9.93. The van der Waals surface area contributed by atoms with Gasteiger partial charge in [-0.05, 0) is 85.7 Å². The molecule has 0 radical (unpaired) electrons. The van der Waals surface area contributed by atoms with Crippen molar-refractivity contribution < 1.29 is 58.2 Å². The zero-order valence-electron chi connectivity index (χ0n) is 36.6. The summed E-state index contributed by atoms with van der Waals surface area (Å²) < 4.78 is 0. The summed E-state index contributed by atoms with van der Waals surface area (Å²) in [5, 5.41) is 28.2. The van der Waals surface area contributed by atoms with Gasteiger partial charge in [-0.15, -0.1) is 0 Å². The van der Waals surface area contributed by atoms with E-state index in [9.17, 15) is 58.2 Å². The molecular formula is C42H66N8O12. The lowest BCUT2D eigenvalue weighted by Crippen LogP contribution is -2.55. The van der Waals surface area contributed by atoms with Gasteiger partial charge in [-0.2, -0.15) is 0 Å². The average molecular weight is 875 g/mol. The van der Waals surface area contributed by atoms with Crippen LogP contribution in [0.5, 0.6) is 0 Å². The Labute approximate surface area is 362 Å². The molecule has 1 unspecified atom stereocenters. The first-order valence-corrected chi connectivity index (χ1v) is 21.9. The second-order valence-electron chi connectivity index (χ2n) is 17.4. The van der Waals surface area contributed by atoms with Crippen LogP contribution in [0.3, 0.4) is 0 Å². The van der Waals surface area contributed by atoms with Crippen LogP contribution >= 0.6 is 0 Å². The number of carbonyl (C=O) groups excluding carboxylic acids is 10. The predicted molar refractivity (Wildman–Crippen MR) is 221 cm³/mol. The molecule has 0 spiro atoms. The van der Waals surface area contributed by atoms with Crippen LogP contribution in [0.4, 0.5) is 0 Å². The minimum absolute atomic E-state index is 0.105. The number of hydrogen-bond acceptors (Lipinski definition) is 13. The van der Waals surface area contributed by atoms with Crippen molar-refractivity contribution in [2.75, 3.05) is 39.8 Å². The number of carbonyl (C=O) groups is 10. The number of aliphatic hydroxyl groups excluding tert-OH is 2. The Balaban J connectivity index is 1.27. The molecule has 20 heteroatoms. The molecule has 20 nitrogen and oxygen atoms in total. The van der Waals surface area contributed by atoms with Crippen molar-refractivity contribution in [3.8, 4) is 0 Å². The number of amides is 7. The average Bonchev–Trinajstić information content (AvgIpc) is 4.07. The van der Waals surface area contributed by atoms with Gasteiger partial charge in [0.1, 0.15) is 24.2 Å². The van der Waals surface area contributed by atoms with E-state index >= 15 is 0 Å². The molecule has 4 aliphatic heterocycles. The molecule has 4 rings (SSSR count). The van der Waals surface area contributed by atoms with Crippen LogP contribution in [-0.2, 0) is 47.9 Å². The molecule has 10 atom stereocenters. The number of ketones is 3. The van der Waals surface area contributed by atoms with Gasteiger partial charge >= 0.3 is 0 Å². The number of likely N-dealkylation sites (tertiary alicyclic amines) is 4. The normalized spacial score (nSPS) is 24.4. The fourth-order valence-electron chi connectivity index (χ4n) is 8.98. The van der Waals surface area contributed by atoms with Crippen molar-refractivity contribution in [1.82, 2.24) is 35.6 Å². The molecule has 0 aromatic heterocycles. The van der Waals surface area contributed by atoms with Crippen LogP contribution in [0.2, 0.25) is 0 Å². The molecule has 0 aliphatic carbocycles. The van der Waals surface area contributed by atoms with Crippen molar-refractivity contribution in [2.45, 2.75) is 153 Å². The van der Waals surface area contributed by atoms with E-state index in [-0.39, 0.29) is 49.3 Å². The van der Waals surface area contributed by atoms with E-state index in [4.69, 9.17) is 5.73 Å². The summed E-state index contributed by atoms with van der Waals surface area (Å²) in [6.45, 7) is 6.59. The van der Waals surface area contributed by atoms with Gasteiger partial charge in [-0.25, -0.2) is 0 Å². The van der Waals surface area contributed by atoms with Crippen molar-refractivity contribution in [3.05, 3.63) is 0 Å². The molecule has 7 N–H and O–H groups in total. The number of hydrogen-bond donors (Lipinski definition) is 6. The van der Waals surface area contributed by atoms with E-state index in [1.807, 2.05) is 11.9 Å². The fourth-order valence-corrected chi connectivity index (χ4v) is 8.98. The standard InChI is InChI=1S/C42H66N8O12/c1-23(37(43)57)20-35(55)30-11-8-18-49(30)42(62)32-13-9-19-50(32)41(61)24(2)44-38(58)27(26(4)52)21-34(54)28(22-51)46-36(56)15-14-33(53)29-10-7-17-48(29)40(60)25(3)45-39(59)31-12-6-16-47(31)5/h23-32,51-52H,6-22H2,1-5H3,(H2,43,57)(H,44,58)(H,45,59)(H,46,56)/t23-,24+,25+,26-,27?,28+,29+,30+,31+,32+/m1/s1. The third kappa shape index (κ3) is 12.4. The van der Waals surface area contributed by atoms with Gasteiger partial charge in [-0.1, -0.05) is 6.92 Å². The highest BCUT2D eigenvalue weighted by atomic mass is 16.3. The van der Waals surface area contributed by atoms with Crippen molar-refractivity contribution in [3.63, 3.8) is 0 Å². The minimum atomic E-state index is -1.48. The first-order valence-electron chi connectivity index (χ1n) is 21.9. The third-order valence-electron chi connectivity index (χ3n) is 12.8. The summed E-state index contributed by atoms with van der Waals surface area (Å²) in [6.07, 6.45) is 1.62. The molecule has 0 saturated carbocycles. The second kappa shape index (κ2) is 22.5. The number of nitrogens with zero attached hydrogens (tertiary/aromatic N) is 4. The first kappa shape index (κ1) is 49.8. The third-order valence-corrected chi connectivity index (χ3v) is 12.8. The van der Waals surface area contributed by atoms with E-state index in [1.54, 1.807) is 13.8 Å². The van der Waals surface area contributed by atoms with Crippen LogP contribution in [0.15, 0.2) is 0 Å². The summed E-state index contributed by atoms with van der Waals surface area (Å²) >= 11 is 0. The SMILES string of the molecule is C[C@H](CC(=O)[C@@H]1CCCN1C(=O)[C@@H]1CCCN1C(=O)[C@H](C)NC(=O)C(CC(=O)[C@H](CO)NC(=O)CCC(=O)[C@@H]1CCCN1C(=O)[C@H](C)NC(=O)[C@@H]1CCCN1C)[C@@H](C)O)C(N)=O. The maximum absolute atomic E-state index is 13.7. The minimum Gasteiger partial charge on any atom is -0.394 e. The van der Waals surface area contributed by atoms with Gasteiger partial charge in [-0.3, -0.25) is 52.8 Å². The Bertz CT molecular complexity index is 1720. The second-order valence-corrected chi connectivity index (χ2v) is 17.4.